The lowest BCUT2D eigenvalue weighted by molar-refractivity contribution is -0.145. The third kappa shape index (κ3) is 6.36. The summed E-state index contributed by atoms with van der Waals surface area (Å²) in [6, 6.07) is 0. The molecule has 1 unspecified atom stereocenters. The van der Waals surface area contributed by atoms with Crippen molar-refractivity contribution in [1.82, 2.24) is 0 Å². The van der Waals surface area contributed by atoms with E-state index in [1.54, 1.807) is 0 Å². The van der Waals surface area contributed by atoms with Crippen LogP contribution in [-0.2, 0) is 4.79 Å². The fraction of sp³-hybridized carbons (Fsp3) is 0.857. The van der Waals surface area contributed by atoms with Gasteiger partial charge in [-0.15, -0.1) is 0 Å². The number of hydrogen-bond donors (Lipinski definition) is 1. The molecule has 0 amide bonds. The molecule has 0 aromatic heterocycles. The maximum atomic E-state index is 11.9. The number of rotatable bonds is 5. The van der Waals surface area contributed by atoms with Crippen LogP contribution in [0.3, 0.4) is 0 Å². The van der Waals surface area contributed by atoms with Crippen molar-refractivity contribution in [2.24, 2.45) is 5.92 Å². The molecule has 0 heterocycles. The first-order valence-electron chi connectivity index (χ1n) is 3.72. The van der Waals surface area contributed by atoms with Gasteiger partial charge >= 0.3 is 12.1 Å². The molecule has 0 saturated heterocycles. The molecule has 13 heavy (non-hydrogen) atoms. The zero-order valence-corrected chi connectivity index (χ0v) is 6.77. The third-order valence-corrected chi connectivity index (χ3v) is 1.55. The van der Waals surface area contributed by atoms with Crippen LogP contribution < -0.4 is 0 Å². The van der Waals surface area contributed by atoms with E-state index in [1.807, 2.05) is 0 Å². The SMILES string of the molecule is O=C(O)C(CF)CCCC(F)(F)F. The Balaban J connectivity index is 3.68. The first kappa shape index (κ1) is 12.2. The molecule has 0 saturated carbocycles. The smallest absolute Gasteiger partial charge is 0.389 e. The fourth-order valence-corrected chi connectivity index (χ4v) is 0.816. The Labute approximate surface area is 72.5 Å². The molecular weight excluding hydrogens is 192 g/mol. The van der Waals surface area contributed by atoms with E-state index in [2.05, 4.69) is 0 Å². The second kappa shape index (κ2) is 5.04. The van der Waals surface area contributed by atoms with Crippen molar-refractivity contribution >= 4 is 5.97 Å². The summed E-state index contributed by atoms with van der Waals surface area (Å²) < 4.78 is 46.6. The predicted molar refractivity (Wildman–Crippen MR) is 37.0 cm³/mol. The van der Waals surface area contributed by atoms with E-state index >= 15 is 0 Å². The van der Waals surface area contributed by atoms with Gasteiger partial charge in [-0.25, -0.2) is 0 Å². The van der Waals surface area contributed by atoms with Gasteiger partial charge in [0.15, 0.2) is 0 Å². The van der Waals surface area contributed by atoms with Gasteiger partial charge in [0.25, 0.3) is 0 Å². The van der Waals surface area contributed by atoms with Gasteiger partial charge in [0, 0.05) is 6.42 Å². The van der Waals surface area contributed by atoms with E-state index < -0.39 is 31.2 Å². The Hall–Kier alpha value is -0.810. The van der Waals surface area contributed by atoms with Gasteiger partial charge in [-0.3, -0.25) is 9.18 Å². The van der Waals surface area contributed by atoms with Crippen LogP contribution in [0.4, 0.5) is 17.6 Å². The molecule has 0 bridgehead atoms. The van der Waals surface area contributed by atoms with E-state index in [-0.39, 0.29) is 12.8 Å². The van der Waals surface area contributed by atoms with Crippen LogP contribution in [0.2, 0.25) is 0 Å². The Morgan fingerprint density at radius 2 is 1.92 bits per heavy atom. The molecule has 0 radical (unpaired) electrons. The molecule has 1 atom stereocenters. The highest BCUT2D eigenvalue weighted by Crippen LogP contribution is 2.23. The quantitative estimate of drug-likeness (QED) is 0.695. The third-order valence-electron chi connectivity index (χ3n) is 1.55. The summed E-state index contributed by atoms with van der Waals surface area (Å²) in [4.78, 5) is 10.2. The first-order chi connectivity index (χ1) is 5.87. The average molecular weight is 202 g/mol. The second-order valence-corrected chi connectivity index (χ2v) is 2.70. The largest absolute Gasteiger partial charge is 0.481 e. The fourth-order valence-electron chi connectivity index (χ4n) is 0.816. The Morgan fingerprint density at radius 3 is 2.23 bits per heavy atom. The minimum Gasteiger partial charge on any atom is -0.481 e. The molecule has 0 aliphatic carbocycles. The van der Waals surface area contributed by atoms with E-state index in [0.717, 1.165) is 0 Å². The van der Waals surface area contributed by atoms with Gasteiger partial charge in [0.05, 0.1) is 5.92 Å². The van der Waals surface area contributed by atoms with E-state index in [1.165, 1.54) is 0 Å². The minimum absolute atomic E-state index is 0.272. The lowest BCUT2D eigenvalue weighted by atomic mass is 10.0. The number of hydrogen-bond acceptors (Lipinski definition) is 1. The number of aliphatic carboxylic acids is 1. The number of carbonyl (C=O) groups is 1. The Bertz CT molecular complexity index is 166. The topological polar surface area (TPSA) is 37.3 Å². The van der Waals surface area contributed by atoms with Crippen molar-refractivity contribution in [2.45, 2.75) is 25.4 Å². The van der Waals surface area contributed by atoms with Crippen LogP contribution in [0.25, 0.3) is 0 Å². The summed E-state index contributed by atoms with van der Waals surface area (Å²) in [5.41, 5.74) is 0. The van der Waals surface area contributed by atoms with Gasteiger partial charge in [-0.2, -0.15) is 13.2 Å². The van der Waals surface area contributed by atoms with Crippen molar-refractivity contribution in [3.8, 4) is 0 Å². The normalized spacial score (nSPS) is 14.2. The number of alkyl halides is 4. The summed E-state index contributed by atoms with van der Waals surface area (Å²) >= 11 is 0. The molecule has 0 rings (SSSR count). The molecule has 6 heteroatoms. The van der Waals surface area contributed by atoms with Crippen molar-refractivity contribution in [2.75, 3.05) is 6.67 Å². The summed E-state index contributed by atoms with van der Waals surface area (Å²) in [6.07, 6.45) is -5.97. The highest BCUT2D eigenvalue weighted by molar-refractivity contribution is 5.69. The van der Waals surface area contributed by atoms with Gasteiger partial charge in [0.1, 0.15) is 6.67 Å². The van der Waals surface area contributed by atoms with E-state index in [0.29, 0.717) is 0 Å². The lowest BCUT2D eigenvalue weighted by Gasteiger charge is -2.09. The maximum Gasteiger partial charge on any atom is 0.389 e. The first-order valence-corrected chi connectivity index (χ1v) is 3.72. The van der Waals surface area contributed by atoms with Crippen LogP contribution >= 0.6 is 0 Å². The number of carboxylic acid groups (broad SMARTS) is 1. The van der Waals surface area contributed by atoms with Crippen LogP contribution in [0, 0.1) is 5.92 Å². The zero-order chi connectivity index (χ0) is 10.5. The molecular formula is C7H10F4O2. The maximum absolute atomic E-state index is 11.9. The number of halogens is 4. The van der Waals surface area contributed by atoms with Crippen LogP contribution in [0.15, 0.2) is 0 Å². The average Bonchev–Trinajstić information content (AvgIpc) is 1.95. The van der Waals surface area contributed by atoms with Crippen molar-refractivity contribution in [3.63, 3.8) is 0 Å². The number of carboxylic acids is 1. The highest BCUT2D eigenvalue weighted by atomic mass is 19.4. The molecule has 78 valence electrons. The Morgan fingerprint density at radius 1 is 1.38 bits per heavy atom. The van der Waals surface area contributed by atoms with Gasteiger partial charge < -0.3 is 5.11 Å². The summed E-state index contributed by atoms with van der Waals surface area (Å²) in [6.45, 7) is -1.12. The molecule has 2 nitrogen and oxygen atoms in total. The van der Waals surface area contributed by atoms with Crippen molar-refractivity contribution in [1.29, 1.82) is 0 Å². The summed E-state index contributed by atoms with van der Waals surface area (Å²) in [7, 11) is 0. The zero-order valence-electron chi connectivity index (χ0n) is 6.77. The summed E-state index contributed by atoms with van der Waals surface area (Å²) in [5.74, 6) is -2.69. The molecule has 1 N–H and O–H groups in total. The lowest BCUT2D eigenvalue weighted by Crippen LogP contribution is -2.17. The van der Waals surface area contributed by atoms with Crippen LogP contribution in [0.1, 0.15) is 19.3 Å². The minimum atomic E-state index is -4.29. The molecule has 0 aliphatic heterocycles. The Kier molecular flexibility index (Phi) is 4.72. The monoisotopic (exact) mass is 202 g/mol. The van der Waals surface area contributed by atoms with E-state index in [9.17, 15) is 22.4 Å². The summed E-state index contributed by atoms with van der Waals surface area (Å²) in [5, 5.41) is 8.28. The van der Waals surface area contributed by atoms with Gasteiger partial charge in [0.2, 0.25) is 0 Å². The molecule has 0 fully saturated rings. The molecule has 0 aliphatic rings. The van der Waals surface area contributed by atoms with Crippen LogP contribution in [0.5, 0.6) is 0 Å². The highest BCUT2D eigenvalue weighted by Gasteiger charge is 2.27. The second-order valence-electron chi connectivity index (χ2n) is 2.70. The van der Waals surface area contributed by atoms with Crippen molar-refractivity contribution < 1.29 is 27.5 Å². The van der Waals surface area contributed by atoms with Crippen molar-refractivity contribution in [3.05, 3.63) is 0 Å². The molecule has 0 aromatic rings. The van der Waals surface area contributed by atoms with Gasteiger partial charge in [-0.1, -0.05) is 0 Å². The van der Waals surface area contributed by atoms with E-state index in [4.69, 9.17) is 5.11 Å². The van der Waals surface area contributed by atoms with Crippen LogP contribution in [-0.4, -0.2) is 23.9 Å². The molecule has 0 aromatic carbocycles. The standard InChI is InChI=1S/C7H10F4O2/c8-4-5(6(12)13)2-1-3-7(9,10)11/h5H,1-4H2,(H,12,13). The van der Waals surface area contributed by atoms with Gasteiger partial charge in [-0.05, 0) is 12.8 Å². The molecule has 0 spiro atoms. The predicted octanol–water partition coefficient (Wildman–Crippen LogP) is 2.39.